The maximum Gasteiger partial charge on any atom is 0.341 e. The Morgan fingerprint density at radius 1 is 1.35 bits per heavy atom. The lowest BCUT2D eigenvalue weighted by atomic mass is 10.1. The number of carboxylic acids is 1. The third-order valence-electron chi connectivity index (χ3n) is 3.02. The second kappa shape index (κ2) is 5.28. The molecular formula is C13H15N3O4. The van der Waals surface area contributed by atoms with E-state index in [1.807, 2.05) is 6.92 Å². The van der Waals surface area contributed by atoms with Crippen molar-refractivity contribution in [1.82, 2.24) is 14.8 Å². The third-order valence-corrected chi connectivity index (χ3v) is 3.02. The van der Waals surface area contributed by atoms with Gasteiger partial charge in [0.2, 0.25) is 11.8 Å². The number of carboxylic acid groups (broad SMARTS) is 1. The minimum absolute atomic E-state index is 0.0677. The number of aryl methyl sites for hydroxylation is 3. The van der Waals surface area contributed by atoms with Gasteiger partial charge < -0.3 is 14.1 Å². The molecular weight excluding hydrogens is 262 g/mol. The van der Waals surface area contributed by atoms with Gasteiger partial charge in [-0.1, -0.05) is 6.92 Å². The molecule has 0 aliphatic rings. The first-order chi connectivity index (χ1) is 9.43. The SMILES string of the molecule is CCc1nnc(Cn2c(C)cc(C)c(C(=O)O)c2=O)o1. The van der Waals surface area contributed by atoms with Crippen LogP contribution in [0.25, 0.3) is 0 Å². The highest BCUT2D eigenvalue weighted by atomic mass is 16.4. The van der Waals surface area contributed by atoms with E-state index in [0.29, 0.717) is 23.6 Å². The molecule has 2 heterocycles. The number of hydrogen-bond donors (Lipinski definition) is 1. The van der Waals surface area contributed by atoms with Crippen molar-refractivity contribution in [2.45, 2.75) is 33.7 Å². The van der Waals surface area contributed by atoms with E-state index in [2.05, 4.69) is 10.2 Å². The number of aromatic carboxylic acids is 1. The average molecular weight is 277 g/mol. The standard InChI is InChI=1S/C13H15N3O4/c1-4-9-14-15-10(20-9)6-16-8(3)5-7(2)11(12(16)17)13(18)19/h5H,4,6H2,1-3H3,(H,18,19). The third kappa shape index (κ3) is 2.47. The Kier molecular flexibility index (Phi) is 3.69. The van der Waals surface area contributed by atoms with Crippen molar-refractivity contribution in [1.29, 1.82) is 0 Å². The zero-order valence-electron chi connectivity index (χ0n) is 11.5. The van der Waals surface area contributed by atoms with Crippen LogP contribution in [0.3, 0.4) is 0 Å². The van der Waals surface area contributed by atoms with Gasteiger partial charge in [-0.05, 0) is 25.5 Å². The van der Waals surface area contributed by atoms with Crippen molar-refractivity contribution in [2.24, 2.45) is 0 Å². The van der Waals surface area contributed by atoms with Crippen LogP contribution < -0.4 is 5.56 Å². The Labute approximate surface area is 114 Å². The van der Waals surface area contributed by atoms with Gasteiger partial charge in [-0.2, -0.15) is 0 Å². The zero-order valence-corrected chi connectivity index (χ0v) is 11.5. The van der Waals surface area contributed by atoms with Crippen LogP contribution in [0.5, 0.6) is 0 Å². The molecule has 2 rings (SSSR count). The molecule has 0 fully saturated rings. The lowest BCUT2D eigenvalue weighted by Crippen LogP contribution is -2.29. The smallest absolute Gasteiger partial charge is 0.341 e. The topological polar surface area (TPSA) is 98.2 Å². The fourth-order valence-electron chi connectivity index (χ4n) is 2.01. The lowest BCUT2D eigenvalue weighted by Gasteiger charge is -2.10. The van der Waals surface area contributed by atoms with Gasteiger partial charge in [0.1, 0.15) is 12.1 Å². The maximum absolute atomic E-state index is 12.2. The number of carbonyl (C=O) groups is 1. The Hall–Kier alpha value is -2.44. The maximum atomic E-state index is 12.2. The molecule has 0 radical (unpaired) electrons. The molecule has 0 aromatic carbocycles. The predicted octanol–water partition coefficient (Wildman–Crippen LogP) is 1.16. The largest absolute Gasteiger partial charge is 0.477 e. The number of pyridine rings is 1. The lowest BCUT2D eigenvalue weighted by molar-refractivity contribution is 0.0693. The number of nitrogens with zero attached hydrogens (tertiary/aromatic N) is 3. The predicted molar refractivity (Wildman–Crippen MR) is 69.9 cm³/mol. The Bertz CT molecular complexity index is 715. The quantitative estimate of drug-likeness (QED) is 0.900. The van der Waals surface area contributed by atoms with Gasteiger partial charge >= 0.3 is 5.97 Å². The molecule has 0 bridgehead atoms. The molecule has 0 unspecified atom stereocenters. The van der Waals surface area contributed by atoms with Gasteiger partial charge in [-0.3, -0.25) is 4.79 Å². The Balaban J connectivity index is 2.49. The number of aromatic nitrogens is 3. The van der Waals surface area contributed by atoms with E-state index in [9.17, 15) is 9.59 Å². The molecule has 0 aliphatic heterocycles. The summed E-state index contributed by atoms with van der Waals surface area (Å²) in [5.74, 6) is -0.468. The summed E-state index contributed by atoms with van der Waals surface area (Å²) in [6, 6.07) is 1.65. The molecule has 0 amide bonds. The number of rotatable bonds is 4. The highest BCUT2D eigenvalue weighted by Crippen LogP contribution is 2.09. The van der Waals surface area contributed by atoms with Crippen molar-refractivity contribution in [2.75, 3.05) is 0 Å². The van der Waals surface area contributed by atoms with Gasteiger partial charge in [-0.15, -0.1) is 10.2 Å². The summed E-state index contributed by atoms with van der Waals surface area (Å²) in [6.45, 7) is 5.28. The fourth-order valence-corrected chi connectivity index (χ4v) is 2.01. The molecule has 0 spiro atoms. The first kappa shape index (κ1) is 14.0. The van der Waals surface area contributed by atoms with E-state index in [1.165, 1.54) is 4.57 Å². The van der Waals surface area contributed by atoms with Crippen LogP contribution in [0.15, 0.2) is 15.3 Å². The van der Waals surface area contributed by atoms with Crippen LogP contribution in [0.4, 0.5) is 0 Å². The van der Waals surface area contributed by atoms with Gasteiger partial charge in [0.15, 0.2) is 0 Å². The van der Waals surface area contributed by atoms with Crippen molar-refractivity contribution in [3.05, 3.63) is 45.0 Å². The van der Waals surface area contributed by atoms with Crippen LogP contribution in [-0.4, -0.2) is 25.8 Å². The molecule has 7 heteroatoms. The molecule has 1 N–H and O–H groups in total. The summed E-state index contributed by atoms with van der Waals surface area (Å²) >= 11 is 0. The second-order valence-electron chi connectivity index (χ2n) is 4.48. The van der Waals surface area contributed by atoms with Gasteiger partial charge in [-0.25, -0.2) is 4.79 Å². The van der Waals surface area contributed by atoms with Crippen LogP contribution in [0.1, 0.15) is 40.3 Å². The summed E-state index contributed by atoms with van der Waals surface area (Å²) in [5.41, 5.74) is 0.293. The number of hydrogen-bond acceptors (Lipinski definition) is 5. The van der Waals surface area contributed by atoms with E-state index in [4.69, 9.17) is 9.52 Å². The second-order valence-corrected chi connectivity index (χ2v) is 4.48. The summed E-state index contributed by atoms with van der Waals surface area (Å²) in [7, 11) is 0. The normalized spacial score (nSPS) is 10.8. The highest BCUT2D eigenvalue weighted by Gasteiger charge is 2.17. The van der Waals surface area contributed by atoms with Crippen LogP contribution in [0, 0.1) is 13.8 Å². The van der Waals surface area contributed by atoms with E-state index in [0.717, 1.165) is 0 Å². The molecule has 20 heavy (non-hydrogen) atoms. The summed E-state index contributed by atoms with van der Waals surface area (Å²) in [4.78, 5) is 23.4. The molecule has 2 aromatic rings. The van der Waals surface area contributed by atoms with Crippen molar-refractivity contribution >= 4 is 5.97 Å². The van der Waals surface area contributed by atoms with E-state index in [-0.39, 0.29) is 18.0 Å². The average Bonchev–Trinajstić information content (AvgIpc) is 2.81. The van der Waals surface area contributed by atoms with Gasteiger partial charge in [0, 0.05) is 12.1 Å². The summed E-state index contributed by atoms with van der Waals surface area (Å²) in [6.07, 6.45) is 0.606. The Morgan fingerprint density at radius 2 is 2.00 bits per heavy atom. The van der Waals surface area contributed by atoms with Crippen LogP contribution in [0.2, 0.25) is 0 Å². The van der Waals surface area contributed by atoms with Crippen molar-refractivity contribution in [3.8, 4) is 0 Å². The minimum atomic E-state index is -1.24. The zero-order chi connectivity index (χ0) is 14.9. The monoisotopic (exact) mass is 277 g/mol. The Morgan fingerprint density at radius 3 is 2.55 bits per heavy atom. The van der Waals surface area contributed by atoms with Gasteiger partial charge in [0.05, 0.1) is 0 Å². The fraction of sp³-hybridized carbons (Fsp3) is 0.385. The van der Waals surface area contributed by atoms with E-state index < -0.39 is 11.5 Å². The van der Waals surface area contributed by atoms with Crippen LogP contribution >= 0.6 is 0 Å². The molecule has 0 aliphatic carbocycles. The molecule has 0 atom stereocenters. The minimum Gasteiger partial charge on any atom is -0.477 e. The van der Waals surface area contributed by atoms with Crippen molar-refractivity contribution in [3.63, 3.8) is 0 Å². The molecule has 0 saturated carbocycles. The first-order valence-electron chi connectivity index (χ1n) is 6.19. The van der Waals surface area contributed by atoms with E-state index in [1.54, 1.807) is 19.9 Å². The molecule has 106 valence electrons. The van der Waals surface area contributed by atoms with E-state index >= 15 is 0 Å². The van der Waals surface area contributed by atoms with Gasteiger partial charge in [0.25, 0.3) is 5.56 Å². The highest BCUT2D eigenvalue weighted by molar-refractivity contribution is 5.88. The molecule has 7 nitrogen and oxygen atoms in total. The summed E-state index contributed by atoms with van der Waals surface area (Å²) < 4.78 is 6.67. The molecule has 2 aromatic heterocycles. The summed E-state index contributed by atoms with van der Waals surface area (Å²) in [5, 5.41) is 16.8. The molecule has 0 saturated heterocycles. The van der Waals surface area contributed by atoms with Crippen LogP contribution in [-0.2, 0) is 13.0 Å². The first-order valence-corrected chi connectivity index (χ1v) is 6.19. The van der Waals surface area contributed by atoms with Crippen molar-refractivity contribution < 1.29 is 14.3 Å².